The van der Waals surface area contributed by atoms with Crippen molar-refractivity contribution in [2.45, 2.75) is 77.7 Å². The molecule has 208 valence electrons. The van der Waals surface area contributed by atoms with Gasteiger partial charge in [0.15, 0.2) is 0 Å². The van der Waals surface area contributed by atoms with Crippen molar-refractivity contribution in [3.8, 4) is 16.9 Å². The molecule has 3 aliphatic rings. The number of carbonyl (C=O) groups excluding carboxylic acids is 1. The molecule has 0 saturated heterocycles. The molecule has 4 heteroatoms. The Balaban J connectivity index is 1.31. The normalized spacial score (nSPS) is 22.8. The Bertz CT molecular complexity index is 1500. The molecule has 3 aliphatic carbocycles. The van der Waals surface area contributed by atoms with Crippen molar-refractivity contribution < 1.29 is 18.7 Å². The number of ether oxygens (including phenoxy) is 2. The average Bonchev–Trinajstić information content (AvgIpc) is 3.30. The van der Waals surface area contributed by atoms with Crippen LogP contribution in [0.2, 0.25) is 0 Å². The van der Waals surface area contributed by atoms with E-state index < -0.39 is 0 Å². The van der Waals surface area contributed by atoms with Gasteiger partial charge in [0, 0.05) is 11.0 Å². The lowest BCUT2D eigenvalue weighted by Gasteiger charge is -2.51. The maximum Gasteiger partial charge on any atom is 0.309 e. The summed E-state index contributed by atoms with van der Waals surface area (Å²) in [6.07, 6.45) is 9.50. The minimum absolute atomic E-state index is 0.0281. The maximum atomic E-state index is 15.0. The van der Waals surface area contributed by atoms with Crippen LogP contribution in [0.3, 0.4) is 0 Å². The minimum Gasteiger partial charge on any atom is -0.489 e. The zero-order valence-corrected chi connectivity index (χ0v) is 24.1. The number of fused-ring (bicyclic) bond motifs is 2. The smallest absolute Gasteiger partial charge is 0.309 e. The highest BCUT2D eigenvalue weighted by atomic mass is 19.1. The lowest BCUT2D eigenvalue weighted by Crippen LogP contribution is -2.50. The number of esters is 1. The molecule has 3 nitrogen and oxygen atoms in total. The Morgan fingerprint density at radius 1 is 0.975 bits per heavy atom. The van der Waals surface area contributed by atoms with E-state index in [2.05, 4.69) is 56.3 Å². The van der Waals surface area contributed by atoms with E-state index in [0.29, 0.717) is 12.2 Å². The van der Waals surface area contributed by atoms with Crippen molar-refractivity contribution >= 4 is 11.5 Å². The number of carbonyl (C=O) groups is 1. The van der Waals surface area contributed by atoms with E-state index in [4.69, 9.17) is 9.47 Å². The molecule has 1 fully saturated rings. The Morgan fingerprint density at radius 3 is 2.55 bits per heavy atom. The molecule has 0 N–H and O–H groups in total. The standard InChI is InChI=1S/C36H39FO3/c1-23-9-14-33(37)29(19-23)27-13-10-24(20-28(27)30-8-6-16-35(30,2)3)22-40-26-12-11-25-7-5-17-36(32(25)21-26)18-15-31(36)34(38)39-4/h8-14,19-21,31H,5-7,15-18,22H2,1-4H3/t31-,36+/m0/s1. The largest absolute Gasteiger partial charge is 0.489 e. The van der Waals surface area contributed by atoms with E-state index in [9.17, 15) is 4.79 Å². The van der Waals surface area contributed by atoms with E-state index in [0.717, 1.165) is 72.9 Å². The first kappa shape index (κ1) is 26.8. The first-order chi connectivity index (χ1) is 19.2. The van der Waals surface area contributed by atoms with Crippen molar-refractivity contribution in [2.75, 3.05) is 7.11 Å². The second-order valence-electron chi connectivity index (χ2n) is 12.6. The highest BCUT2D eigenvalue weighted by Crippen LogP contribution is 2.56. The summed E-state index contributed by atoms with van der Waals surface area (Å²) in [5, 5.41) is 0. The van der Waals surface area contributed by atoms with E-state index >= 15 is 4.39 Å². The first-order valence-electron chi connectivity index (χ1n) is 14.7. The number of halogens is 1. The summed E-state index contributed by atoms with van der Waals surface area (Å²) >= 11 is 0. The second kappa shape index (κ2) is 10.2. The molecule has 0 bridgehead atoms. The molecule has 6 rings (SSSR count). The summed E-state index contributed by atoms with van der Waals surface area (Å²) in [5.74, 6) is 0.474. The monoisotopic (exact) mass is 538 g/mol. The number of methoxy groups -OCH3 is 1. The van der Waals surface area contributed by atoms with Gasteiger partial charge < -0.3 is 9.47 Å². The third kappa shape index (κ3) is 4.56. The fraction of sp³-hybridized carbons (Fsp3) is 0.417. The van der Waals surface area contributed by atoms with Crippen LogP contribution in [0.4, 0.5) is 4.39 Å². The van der Waals surface area contributed by atoms with E-state index in [1.807, 2.05) is 19.1 Å². The maximum absolute atomic E-state index is 15.0. The van der Waals surface area contributed by atoms with Crippen molar-refractivity contribution in [1.82, 2.24) is 0 Å². The molecular weight excluding hydrogens is 499 g/mol. The summed E-state index contributed by atoms with van der Waals surface area (Å²) in [5.41, 5.74) is 8.55. The number of hydrogen-bond acceptors (Lipinski definition) is 3. The average molecular weight is 539 g/mol. The molecule has 3 aromatic rings. The Morgan fingerprint density at radius 2 is 1.82 bits per heavy atom. The molecular formula is C36H39FO3. The lowest BCUT2D eigenvalue weighted by atomic mass is 9.52. The van der Waals surface area contributed by atoms with Gasteiger partial charge in [0.05, 0.1) is 13.0 Å². The van der Waals surface area contributed by atoms with Crippen molar-refractivity contribution in [3.05, 3.63) is 94.3 Å². The van der Waals surface area contributed by atoms with Crippen LogP contribution in [0.5, 0.6) is 5.75 Å². The first-order valence-corrected chi connectivity index (χ1v) is 14.7. The van der Waals surface area contributed by atoms with E-state index in [1.165, 1.54) is 23.8 Å². The number of allylic oxidation sites excluding steroid dienone is 2. The molecule has 2 atom stereocenters. The molecule has 1 saturated carbocycles. The fourth-order valence-corrected chi connectivity index (χ4v) is 7.41. The van der Waals surface area contributed by atoms with Gasteiger partial charge in [-0.2, -0.15) is 0 Å². The third-order valence-electron chi connectivity index (χ3n) is 9.76. The zero-order chi connectivity index (χ0) is 28.1. The van der Waals surface area contributed by atoms with E-state index in [-0.39, 0.29) is 28.5 Å². The molecule has 0 aromatic heterocycles. The molecule has 0 radical (unpaired) electrons. The Hall–Kier alpha value is -3.40. The summed E-state index contributed by atoms with van der Waals surface area (Å²) in [6, 6.07) is 18.0. The minimum atomic E-state index is -0.198. The highest BCUT2D eigenvalue weighted by Gasteiger charge is 2.53. The molecule has 1 spiro atoms. The van der Waals surface area contributed by atoms with Crippen LogP contribution in [0, 0.1) is 24.1 Å². The quantitative estimate of drug-likeness (QED) is 0.294. The fourth-order valence-electron chi connectivity index (χ4n) is 7.41. The predicted molar refractivity (Wildman–Crippen MR) is 158 cm³/mol. The molecule has 0 amide bonds. The van der Waals surface area contributed by atoms with Gasteiger partial charge in [0.2, 0.25) is 0 Å². The number of benzene rings is 3. The molecule has 3 aromatic carbocycles. The molecule has 40 heavy (non-hydrogen) atoms. The van der Waals surface area contributed by atoms with Gasteiger partial charge in [-0.3, -0.25) is 4.79 Å². The van der Waals surface area contributed by atoms with Crippen molar-refractivity contribution in [1.29, 1.82) is 0 Å². The van der Waals surface area contributed by atoms with Gasteiger partial charge in [-0.15, -0.1) is 0 Å². The summed E-state index contributed by atoms with van der Waals surface area (Å²) in [6.45, 7) is 6.97. The van der Waals surface area contributed by atoms with Gasteiger partial charge in [0.25, 0.3) is 0 Å². The highest BCUT2D eigenvalue weighted by molar-refractivity contribution is 5.85. The van der Waals surface area contributed by atoms with Crippen molar-refractivity contribution in [3.63, 3.8) is 0 Å². The van der Waals surface area contributed by atoms with Crippen LogP contribution < -0.4 is 4.74 Å². The van der Waals surface area contributed by atoms with Gasteiger partial charge in [-0.05, 0) is 121 Å². The lowest BCUT2D eigenvalue weighted by molar-refractivity contribution is -0.153. The number of hydrogen-bond donors (Lipinski definition) is 0. The number of rotatable bonds is 6. The van der Waals surface area contributed by atoms with Crippen LogP contribution in [-0.4, -0.2) is 13.1 Å². The molecule has 0 heterocycles. The number of aryl methyl sites for hydroxylation is 2. The van der Waals surface area contributed by atoms with E-state index in [1.54, 1.807) is 6.07 Å². The Labute approximate surface area is 237 Å². The third-order valence-corrected chi connectivity index (χ3v) is 9.76. The van der Waals surface area contributed by atoms with Crippen LogP contribution >= 0.6 is 0 Å². The molecule has 0 aliphatic heterocycles. The van der Waals surface area contributed by atoms with Gasteiger partial charge in [0.1, 0.15) is 18.2 Å². The van der Waals surface area contributed by atoms with Crippen LogP contribution in [0.15, 0.2) is 60.7 Å². The van der Waals surface area contributed by atoms with Crippen LogP contribution in [0.1, 0.15) is 80.2 Å². The Kier molecular flexibility index (Phi) is 6.84. The van der Waals surface area contributed by atoms with Crippen LogP contribution in [0.25, 0.3) is 16.7 Å². The predicted octanol–water partition coefficient (Wildman–Crippen LogP) is 8.74. The van der Waals surface area contributed by atoms with Crippen molar-refractivity contribution in [2.24, 2.45) is 11.3 Å². The molecule has 0 unspecified atom stereocenters. The van der Waals surface area contributed by atoms with Gasteiger partial charge in [-0.1, -0.05) is 49.8 Å². The van der Waals surface area contributed by atoms with Gasteiger partial charge >= 0.3 is 5.97 Å². The second-order valence-corrected chi connectivity index (χ2v) is 12.6. The summed E-state index contributed by atoms with van der Waals surface area (Å²) < 4.78 is 26.6. The van der Waals surface area contributed by atoms with Crippen LogP contribution in [-0.2, 0) is 28.0 Å². The SMILES string of the molecule is COC(=O)[C@@H]1CC[C@]12CCCc1ccc(OCc3ccc(-c4cc(C)ccc4F)c(C4=CCCC4(C)C)c3)cc12. The zero-order valence-electron chi connectivity index (χ0n) is 24.1. The van der Waals surface area contributed by atoms with Gasteiger partial charge in [-0.25, -0.2) is 4.39 Å². The topological polar surface area (TPSA) is 35.5 Å². The summed E-state index contributed by atoms with van der Waals surface area (Å²) in [7, 11) is 1.49. The summed E-state index contributed by atoms with van der Waals surface area (Å²) in [4.78, 5) is 12.5.